The Labute approximate surface area is 113 Å². The first kappa shape index (κ1) is 14.0. The molecule has 1 fully saturated rings. The minimum atomic E-state index is 0.0297. The fraction of sp³-hybridized carbons (Fsp3) is 0.571. The van der Waals surface area contributed by atoms with Crippen LogP contribution in [0.1, 0.15) is 11.6 Å². The molecule has 1 aromatic heterocycles. The van der Waals surface area contributed by atoms with Crippen molar-refractivity contribution in [2.24, 2.45) is 5.92 Å². The average Bonchev–Trinajstić information content (AvgIpc) is 2.85. The first-order chi connectivity index (χ1) is 9.26. The van der Waals surface area contributed by atoms with Gasteiger partial charge in [-0.2, -0.15) is 0 Å². The minimum absolute atomic E-state index is 0.0297. The highest BCUT2D eigenvalue weighted by atomic mass is 16.5. The molecule has 0 bridgehead atoms. The molecule has 1 saturated heterocycles. The number of nitrogens with zero attached hydrogens (tertiary/aromatic N) is 2. The standard InChI is InChI=1S/C14H20N2O3/c1-18-9-11-7-16(14(17)10-19-2)8-12(11)13-5-3-4-6-15-13/h3-6,11-12H,7-10H2,1-2H3/t11-,12+/m0/s1. The number of rotatable bonds is 5. The zero-order valence-corrected chi connectivity index (χ0v) is 11.4. The Hall–Kier alpha value is -1.46. The van der Waals surface area contributed by atoms with Gasteiger partial charge in [0, 0.05) is 51.0 Å². The summed E-state index contributed by atoms with van der Waals surface area (Å²) in [4.78, 5) is 18.2. The van der Waals surface area contributed by atoms with Gasteiger partial charge in [-0.25, -0.2) is 0 Å². The maximum Gasteiger partial charge on any atom is 0.248 e. The van der Waals surface area contributed by atoms with Crippen molar-refractivity contribution in [3.63, 3.8) is 0 Å². The number of pyridine rings is 1. The molecule has 0 spiro atoms. The molecule has 5 heteroatoms. The van der Waals surface area contributed by atoms with Gasteiger partial charge in [0.2, 0.25) is 5.91 Å². The van der Waals surface area contributed by atoms with Crippen LogP contribution in [0.2, 0.25) is 0 Å². The summed E-state index contributed by atoms with van der Waals surface area (Å²) in [5, 5.41) is 0. The average molecular weight is 264 g/mol. The van der Waals surface area contributed by atoms with E-state index in [2.05, 4.69) is 4.98 Å². The highest BCUT2D eigenvalue weighted by Gasteiger charge is 2.36. The second-order valence-corrected chi connectivity index (χ2v) is 4.81. The van der Waals surface area contributed by atoms with Crippen LogP contribution in [-0.2, 0) is 14.3 Å². The zero-order chi connectivity index (χ0) is 13.7. The van der Waals surface area contributed by atoms with Crippen LogP contribution in [0.5, 0.6) is 0 Å². The van der Waals surface area contributed by atoms with Gasteiger partial charge in [-0.05, 0) is 12.1 Å². The summed E-state index contributed by atoms with van der Waals surface area (Å²) in [5.74, 6) is 0.560. The molecule has 2 rings (SSSR count). The van der Waals surface area contributed by atoms with Crippen LogP contribution in [-0.4, -0.2) is 56.3 Å². The highest BCUT2D eigenvalue weighted by molar-refractivity contribution is 5.77. The molecule has 104 valence electrons. The van der Waals surface area contributed by atoms with Crippen LogP contribution in [0.15, 0.2) is 24.4 Å². The van der Waals surface area contributed by atoms with E-state index in [0.717, 1.165) is 5.69 Å². The molecule has 1 aliphatic heterocycles. The van der Waals surface area contributed by atoms with Gasteiger partial charge in [0.1, 0.15) is 6.61 Å². The SMILES string of the molecule is COCC(=O)N1C[C@@H](COC)[C@H](c2ccccn2)C1. The monoisotopic (exact) mass is 264 g/mol. The van der Waals surface area contributed by atoms with Crippen molar-refractivity contribution in [3.05, 3.63) is 30.1 Å². The van der Waals surface area contributed by atoms with E-state index >= 15 is 0 Å². The molecule has 0 N–H and O–H groups in total. The van der Waals surface area contributed by atoms with Crippen molar-refractivity contribution < 1.29 is 14.3 Å². The third-order valence-electron chi connectivity index (χ3n) is 3.51. The molecule has 2 heterocycles. The second-order valence-electron chi connectivity index (χ2n) is 4.81. The molecule has 1 aromatic rings. The van der Waals surface area contributed by atoms with E-state index in [1.165, 1.54) is 7.11 Å². The summed E-state index contributed by atoms with van der Waals surface area (Å²) in [6, 6.07) is 5.89. The molecule has 0 unspecified atom stereocenters. The largest absolute Gasteiger partial charge is 0.384 e. The van der Waals surface area contributed by atoms with Crippen molar-refractivity contribution in [1.29, 1.82) is 0 Å². The predicted molar refractivity (Wildman–Crippen MR) is 70.8 cm³/mol. The summed E-state index contributed by atoms with van der Waals surface area (Å²) in [6.07, 6.45) is 1.79. The molecule has 0 aromatic carbocycles. The predicted octanol–water partition coefficient (Wildman–Crippen LogP) is 0.916. The topological polar surface area (TPSA) is 51.7 Å². The Kier molecular flexibility index (Phi) is 4.87. The van der Waals surface area contributed by atoms with Gasteiger partial charge in [0.25, 0.3) is 0 Å². The number of methoxy groups -OCH3 is 2. The molecular weight excluding hydrogens is 244 g/mol. The van der Waals surface area contributed by atoms with Gasteiger partial charge in [-0.1, -0.05) is 6.07 Å². The fourth-order valence-electron chi connectivity index (χ4n) is 2.60. The van der Waals surface area contributed by atoms with Gasteiger partial charge in [-0.3, -0.25) is 9.78 Å². The zero-order valence-electron chi connectivity index (χ0n) is 11.4. The van der Waals surface area contributed by atoms with Crippen molar-refractivity contribution in [2.45, 2.75) is 5.92 Å². The summed E-state index contributed by atoms with van der Waals surface area (Å²) >= 11 is 0. The highest BCUT2D eigenvalue weighted by Crippen LogP contribution is 2.31. The number of hydrogen-bond acceptors (Lipinski definition) is 4. The van der Waals surface area contributed by atoms with Crippen LogP contribution in [0, 0.1) is 5.92 Å². The lowest BCUT2D eigenvalue weighted by atomic mass is 9.93. The first-order valence-corrected chi connectivity index (χ1v) is 6.42. The van der Waals surface area contributed by atoms with Crippen molar-refractivity contribution in [2.75, 3.05) is 40.5 Å². The van der Waals surface area contributed by atoms with Crippen LogP contribution >= 0.6 is 0 Å². The molecule has 0 saturated carbocycles. The van der Waals surface area contributed by atoms with E-state index in [1.54, 1.807) is 13.3 Å². The quantitative estimate of drug-likeness (QED) is 0.793. The fourth-order valence-corrected chi connectivity index (χ4v) is 2.60. The van der Waals surface area contributed by atoms with E-state index in [1.807, 2.05) is 23.1 Å². The normalized spacial score (nSPS) is 22.7. The Morgan fingerprint density at radius 1 is 1.37 bits per heavy atom. The summed E-state index contributed by atoms with van der Waals surface area (Å²) in [5.41, 5.74) is 1.03. The number of aromatic nitrogens is 1. The molecule has 1 amide bonds. The molecule has 5 nitrogen and oxygen atoms in total. The van der Waals surface area contributed by atoms with Crippen LogP contribution in [0.4, 0.5) is 0 Å². The third-order valence-corrected chi connectivity index (χ3v) is 3.51. The van der Waals surface area contributed by atoms with Crippen molar-refractivity contribution in [1.82, 2.24) is 9.88 Å². The van der Waals surface area contributed by atoms with Crippen molar-refractivity contribution >= 4 is 5.91 Å². The molecule has 0 radical (unpaired) electrons. The van der Waals surface area contributed by atoms with Crippen LogP contribution < -0.4 is 0 Å². The number of amides is 1. The van der Waals surface area contributed by atoms with Gasteiger partial charge in [-0.15, -0.1) is 0 Å². The van der Waals surface area contributed by atoms with Gasteiger partial charge < -0.3 is 14.4 Å². The lowest BCUT2D eigenvalue weighted by Crippen LogP contribution is -2.32. The van der Waals surface area contributed by atoms with Gasteiger partial charge in [0.05, 0.1) is 6.61 Å². The van der Waals surface area contributed by atoms with E-state index in [-0.39, 0.29) is 18.4 Å². The third kappa shape index (κ3) is 3.30. The molecular formula is C14H20N2O3. The lowest BCUT2D eigenvalue weighted by molar-refractivity contribution is -0.134. The second kappa shape index (κ2) is 6.63. The Morgan fingerprint density at radius 3 is 2.84 bits per heavy atom. The van der Waals surface area contributed by atoms with E-state index < -0.39 is 0 Å². The molecule has 19 heavy (non-hydrogen) atoms. The summed E-state index contributed by atoms with van der Waals surface area (Å²) in [6.45, 7) is 2.16. The maximum absolute atomic E-state index is 11.9. The van der Waals surface area contributed by atoms with E-state index in [9.17, 15) is 4.79 Å². The number of carbonyl (C=O) groups excluding carboxylic acids is 1. The molecule has 0 aliphatic carbocycles. The Morgan fingerprint density at radius 2 is 2.21 bits per heavy atom. The molecule has 2 atom stereocenters. The van der Waals surface area contributed by atoms with E-state index in [4.69, 9.17) is 9.47 Å². The smallest absolute Gasteiger partial charge is 0.248 e. The van der Waals surface area contributed by atoms with Crippen molar-refractivity contribution in [3.8, 4) is 0 Å². The van der Waals surface area contributed by atoms with Gasteiger partial charge in [0.15, 0.2) is 0 Å². The van der Waals surface area contributed by atoms with Crippen LogP contribution in [0.25, 0.3) is 0 Å². The van der Waals surface area contributed by atoms with Crippen LogP contribution in [0.3, 0.4) is 0 Å². The number of hydrogen-bond donors (Lipinski definition) is 0. The summed E-state index contributed by atoms with van der Waals surface area (Å²) < 4.78 is 10.2. The lowest BCUT2D eigenvalue weighted by Gasteiger charge is -2.16. The Balaban J connectivity index is 2.10. The maximum atomic E-state index is 11.9. The van der Waals surface area contributed by atoms with E-state index in [0.29, 0.717) is 25.6 Å². The summed E-state index contributed by atoms with van der Waals surface area (Å²) in [7, 11) is 3.23. The number of carbonyl (C=O) groups is 1. The molecule has 1 aliphatic rings. The first-order valence-electron chi connectivity index (χ1n) is 6.42. The number of likely N-dealkylation sites (tertiary alicyclic amines) is 1. The minimum Gasteiger partial charge on any atom is -0.384 e. The van der Waals surface area contributed by atoms with Gasteiger partial charge >= 0.3 is 0 Å². The Bertz CT molecular complexity index is 410. The number of ether oxygens (including phenoxy) is 2.